The lowest BCUT2D eigenvalue weighted by molar-refractivity contribution is -0.114. The summed E-state index contributed by atoms with van der Waals surface area (Å²) in [5.74, 6) is 0.545. The lowest BCUT2D eigenvalue weighted by Gasteiger charge is -2.11. The number of nitrogens with one attached hydrogen (secondary N) is 1. The zero-order valence-corrected chi connectivity index (χ0v) is 11.0. The van der Waals surface area contributed by atoms with Crippen molar-refractivity contribution in [3.8, 4) is 5.75 Å². The summed E-state index contributed by atoms with van der Waals surface area (Å²) < 4.78 is 5.60. The molecule has 0 spiro atoms. The maximum atomic E-state index is 11.1. The van der Waals surface area contributed by atoms with Crippen molar-refractivity contribution in [2.75, 3.05) is 39.1 Å². The molecule has 0 unspecified atom stereocenters. The van der Waals surface area contributed by atoms with Gasteiger partial charge in [0.1, 0.15) is 5.75 Å². The SMILES string of the molecule is CN(C)CCCOc1cccc(NC(=O)CN)c1. The molecule has 0 aliphatic heterocycles. The van der Waals surface area contributed by atoms with Crippen LogP contribution in [0.25, 0.3) is 0 Å². The van der Waals surface area contributed by atoms with Crippen LogP contribution in [-0.2, 0) is 4.79 Å². The van der Waals surface area contributed by atoms with Gasteiger partial charge in [0.05, 0.1) is 13.2 Å². The second-order valence-corrected chi connectivity index (χ2v) is 4.29. The zero-order chi connectivity index (χ0) is 13.4. The number of anilines is 1. The Morgan fingerprint density at radius 1 is 1.44 bits per heavy atom. The van der Waals surface area contributed by atoms with Gasteiger partial charge in [0.2, 0.25) is 5.91 Å². The minimum atomic E-state index is -0.209. The van der Waals surface area contributed by atoms with Gasteiger partial charge in [-0.15, -0.1) is 0 Å². The van der Waals surface area contributed by atoms with Crippen molar-refractivity contribution in [3.05, 3.63) is 24.3 Å². The molecule has 1 amide bonds. The fourth-order valence-corrected chi connectivity index (χ4v) is 1.45. The van der Waals surface area contributed by atoms with Gasteiger partial charge >= 0.3 is 0 Å². The number of benzene rings is 1. The highest BCUT2D eigenvalue weighted by atomic mass is 16.5. The topological polar surface area (TPSA) is 67.6 Å². The fraction of sp³-hybridized carbons (Fsp3) is 0.462. The zero-order valence-electron chi connectivity index (χ0n) is 11.0. The Morgan fingerprint density at radius 3 is 2.89 bits per heavy atom. The number of amides is 1. The number of nitrogens with zero attached hydrogens (tertiary/aromatic N) is 1. The van der Waals surface area contributed by atoms with E-state index in [9.17, 15) is 4.79 Å². The van der Waals surface area contributed by atoms with E-state index in [1.807, 2.05) is 26.2 Å². The molecule has 0 saturated carbocycles. The fourth-order valence-electron chi connectivity index (χ4n) is 1.45. The molecule has 0 heterocycles. The van der Waals surface area contributed by atoms with Crippen LogP contribution in [0.4, 0.5) is 5.69 Å². The van der Waals surface area contributed by atoms with Gasteiger partial charge < -0.3 is 20.7 Å². The van der Waals surface area contributed by atoms with Crippen LogP contribution >= 0.6 is 0 Å². The molecule has 0 saturated heterocycles. The van der Waals surface area contributed by atoms with Crippen LogP contribution < -0.4 is 15.8 Å². The number of ether oxygens (including phenoxy) is 1. The van der Waals surface area contributed by atoms with Crippen LogP contribution in [0.1, 0.15) is 6.42 Å². The molecule has 0 radical (unpaired) electrons. The third-order valence-corrected chi connectivity index (χ3v) is 2.32. The van der Waals surface area contributed by atoms with E-state index < -0.39 is 0 Å². The summed E-state index contributed by atoms with van der Waals surface area (Å²) in [6.45, 7) is 1.63. The molecule has 100 valence electrons. The quantitative estimate of drug-likeness (QED) is 0.707. The first kappa shape index (κ1) is 14.5. The number of rotatable bonds is 7. The smallest absolute Gasteiger partial charge is 0.238 e. The molecule has 0 bridgehead atoms. The van der Waals surface area contributed by atoms with Crippen molar-refractivity contribution >= 4 is 11.6 Å². The molecule has 0 aromatic heterocycles. The molecule has 1 aromatic rings. The van der Waals surface area contributed by atoms with Crippen molar-refractivity contribution in [1.82, 2.24) is 4.90 Å². The van der Waals surface area contributed by atoms with Crippen molar-refractivity contribution < 1.29 is 9.53 Å². The summed E-state index contributed by atoms with van der Waals surface area (Å²) in [5, 5.41) is 2.69. The molecule has 5 heteroatoms. The Hall–Kier alpha value is -1.59. The van der Waals surface area contributed by atoms with Crippen molar-refractivity contribution in [2.24, 2.45) is 5.73 Å². The number of carbonyl (C=O) groups is 1. The molecule has 0 aliphatic rings. The average Bonchev–Trinajstić information content (AvgIpc) is 2.35. The van der Waals surface area contributed by atoms with Crippen LogP contribution in [-0.4, -0.2) is 44.6 Å². The lowest BCUT2D eigenvalue weighted by atomic mass is 10.3. The van der Waals surface area contributed by atoms with Crippen molar-refractivity contribution in [1.29, 1.82) is 0 Å². The van der Waals surface area contributed by atoms with Crippen LogP contribution in [0.2, 0.25) is 0 Å². The van der Waals surface area contributed by atoms with E-state index in [1.54, 1.807) is 12.1 Å². The molecular weight excluding hydrogens is 230 g/mol. The van der Waals surface area contributed by atoms with Gasteiger partial charge in [-0.25, -0.2) is 0 Å². The summed E-state index contributed by atoms with van der Waals surface area (Å²) in [6, 6.07) is 7.31. The van der Waals surface area contributed by atoms with Crippen LogP contribution in [0.5, 0.6) is 5.75 Å². The van der Waals surface area contributed by atoms with E-state index in [-0.39, 0.29) is 12.5 Å². The summed E-state index contributed by atoms with van der Waals surface area (Å²) in [7, 11) is 4.06. The minimum Gasteiger partial charge on any atom is -0.493 e. The van der Waals surface area contributed by atoms with E-state index in [0.29, 0.717) is 12.3 Å². The van der Waals surface area contributed by atoms with Crippen molar-refractivity contribution in [3.63, 3.8) is 0 Å². The molecule has 1 aromatic carbocycles. The molecular formula is C13H21N3O2. The number of nitrogens with two attached hydrogens (primary N) is 1. The van der Waals surface area contributed by atoms with Crippen LogP contribution in [0.3, 0.4) is 0 Å². The van der Waals surface area contributed by atoms with E-state index in [1.165, 1.54) is 0 Å². The predicted molar refractivity (Wildman–Crippen MR) is 72.8 cm³/mol. The van der Waals surface area contributed by atoms with Gasteiger partial charge in [-0.2, -0.15) is 0 Å². The van der Waals surface area contributed by atoms with Crippen LogP contribution in [0.15, 0.2) is 24.3 Å². The molecule has 0 atom stereocenters. The number of carbonyl (C=O) groups excluding carboxylic acids is 1. The largest absolute Gasteiger partial charge is 0.493 e. The monoisotopic (exact) mass is 251 g/mol. The normalized spacial score (nSPS) is 10.4. The average molecular weight is 251 g/mol. The Bertz CT molecular complexity index is 380. The van der Waals surface area contributed by atoms with Crippen LogP contribution in [0, 0.1) is 0 Å². The van der Waals surface area contributed by atoms with Crippen molar-refractivity contribution in [2.45, 2.75) is 6.42 Å². The summed E-state index contributed by atoms with van der Waals surface area (Å²) >= 11 is 0. The van der Waals surface area contributed by atoms with E-state index in [4.69, 9.17) is 10.5 Å². The molecule has 3 N–H and O–H groups in total. The van der Waals surface area contributed by atoms with Gasteiger partial charge in [0.25, 0.3) is 0 Å². The third-order valence-electron chi connectivity index (χ3n) is 2.32. The van der Waals surface area contributed by atoms with Gasteiger partial charge in [-0.1, -0.05) is 6.07 Å². The summed E-state index contributed by atoms with van der Waals surface area (Å²) in [4.78, 5) is 13.3. The first-order valence-electron chi connectivity index (χ1n) is 5.99. The Kier molecular flexibility index (Phi) is 6.18. The van der Waals surface area contributed by atoms with Gasteiger partial charge in [-0.05, 0) is 32.6 Å². The number of hydrogen-bond acceptors (Lipinski definition) is 4. The minimum absolute atomic E-state index is 0.0199. The van der Waals surface area contributed by atoms with Gasteiger partial charge in [0, 0.05) is 18.3 Å². The highest BCUT2D eigenvalue weighted by Gasteiger charge is 2.01. The van der Waals surface area contributed by atoms with E-state index in [0.717, 1.165) is 18.7 Å². The molecule has 18 heavy (non-hydrogen) atoms. The Morgan fingerprint density at radius 2 is 2.22 bits per heavy atom. The third kappa shape index (κ3) is 5.65. The van der Waals surface area contributed by atoms with Gasteiger partial charge in [-0.3, -0.25) is 4.79 Å². The predicted octanol–water partition coefficient (Wildman–Crippen LogP) is 0.914. The van der Waals surface area contributed by atoms with E-state index in [2.05, 4.69) is 10.2 Å². The molecule has 0 aliphatic carbocycles. The first-order chi connectivity index (χ1) is 8.61. The summed E-state index contributed by atoms with van der Waals surface area (Å²) in [5.41, 5.74) is 5.94. The molecule has 1 rings (SSSR count). The Balaban J connectivity index is 2.42. The molecule has 5 nitrogen and oxygen atoms in total. The lowest BCUT2D eigenvalue weighted by Crippen LogP contribution is -2.21. The standard InChI is InChI=1S/C13H21N3O2/c1-16(2)7-4-8-18-12-6-3-5-11(9-12)15-13(17)10-14/h3,5-6,9H,4,7-8,10,14H2,1-2H3,(H,15,17). The highest BCUT2D eigenvalue weighted by molar-refractivity contribution is 5.92. The maximum absolute atomic E-state index is 11.1. The second-order valence-electron chi connectivity index (χ2n) is 4.29. The summed E-state index contributed by atoms with van der Waals surface area (Å²) in [6.07, 6.45) is 0.965. The highest BCUT2D eigenvalue weighted by Crippen LogP contribution is 2.17. The number of hydrogen-bond donors (Lipinski definition) is 2. The second kappa shape index (κ2) is 7.68. The molecule has 0 fully saturated rings. The first-order valence-corrected chi connectivity index (χ1v) is 5.99. The van der Waals surface area contributed by atoms with E-state index >= 15 is 0 Å². The Labute approximate surface area is 108 Å². The van der Waals surface area contributed by atoms with Gasteiger partial charge in [0.15, 0.2) is 0 Å². The maximum Gasteiger partial charge on any atom is 0.238 e.